The SMILES string of the molecule is CC(C)(C)S(=O)(=O)N1CC(F)CC1c1cc(F)cc(C#N)c1. The summed E-state index contributed by atoms with van der Waals surface area (Å²) in [6, 6.07) is 4.67. The Morgan fingerprint density at radius 2 is 1.95 bits per heavy atom. The Morgan fingerprint density at radius 1 is 1.32 bits per heavy atom. The topological polar surface area (TPSA) is 61.2 Å². The molecule has 22 heavy (non-hydrogen) atoms. The van der Waals surface area contributed by atoms with Crippen LogP contribution < -0.4 is 0 Å². The number of benzene rings is 1. The van der Waals surface area contributed by atoms with E-state index in [0.29, 0.717) is 5.56 Å². The van der Waals surface area contributed by atoms with Gasteiger partial charge in [-0.15, -0.1) is 0 Å². The summed E-state index contributed by atoms with van der Waals surface area (Å²) in [4.78, 5) is 0. The van der Waals surface area contributed by atoms with Gasteiger partial charge in [0, 0.05) is 13.0 Å². The van der Waals surface area contributed by atoms with Crippen molar-refractivity contribution < 1.29 is 17.2 Å². The van der Waals surface area contributed by atoms with E-state index in [9.17, 15) is 17.2 Å². The minimum atomic E-state index is -3.75. The number of rotatable bonds is 2. The first-order chi connectivity index (χ1) is 10.1. The van der Waals surface area contributed by atoms with E-state index in [-0.39, 0.29) is 18.5 Å². The van der Waals surface area contributed by atoms with Gasteiger partial charge in [0.25, 0.3) is 0 Å². The maximum absolute atomic E-state index is 13.8. The summed E-state index contributed by atoms with van der Waals surface area (Å²) in [5.41, 5.74) is 0.398. The highest BCUT2D eigenvalue weighted by molar-refractivity contribution is 7.90. The number of nitrogens with zero attached hydrogens (tertiary/aromatic N) is 2. The summed E-state index contributed by atoms with van der Waals surface area (Å²) in [5.74, 6) is -0.635. The van der Waals surface area contributed by atoms with Gasteiger partial charge in [-0.3, -0.25) is 0 Å². The molecule has 2 unspecified atom stereocenters. The van der Waals surface area contributed by atoms with Gasteiger partial charge in [-0.1, -0.05) is 0 Å². The van der Waals surface area contributed by atoms with Crippen molar-refractivity contribution in [3.63, 3.8) is 0 Å². The Kier molecular flexibility index (Phi) is 4.28. The second-order valence-corrected chi connectivity index (χ2v) is 9.06. The zero-order valence-corrected chi connectivity index (χ0v) is 13.5. The molecule has 0 bridgehead atoms. The molecule has 120 valence electrons. The van der Waals surface area contributed by atoms with Crippen molar-refractivity contribution in [2.75, 3.05) is 6.54 Å². The van der Waals surface area contributed by atoms with E-state index in [1.54, 1.807) is 0 Å². The Labute approximate surface area is 129 Å². The van der Waals surface area contributed by atoms with Crippen molar-refractivity contribution >= 4 is 10.0 Å². The van der Waals surface area contributed by atoms with Crippen molar-refractivity contribution in [2.45, 2.75) is 44.2 Å². The maximum Gasteiger partial charge on any atom is 0.219 e. The van der Waals surface area contributed by atoms with Crippen LogP contribution in [-0.2, 0) is 10.0 Å². The minimum Gasteiger partial charge on any atom is -0.246 e. The van der Waals surface area contributed by atoms with Crippen LogP contribution in [0.2, 0.25) is 0 Å². The Balaban J connectivity index is 2.50. The van der Waals surface area contributed by atoms with Crippen LogP contribution >= 0.6 is 0 Å². The Hall–Kier alpha value is -1.52. The number of alkyl halides is 1. The molecule has 7 heteroatoms. The van der Waals surface area contributed by atoms with E-state index in [2.05, 4.69) is 0 Å². The molecule has 1 saturated heterocycles. The molecule has 0 saturated carbocycles. The molecule has 1 fully saturated rings. The first-order valence-corrected chi connectivity index (χ1v) is 8.36. The Bertz CT molecular complexity index is 720. The molecule has 0 aliphatic carbocycles. The van der Waals surface area contributed by atoms with Gasteiger partial charge in [-0.25, -0.2) is 17.2 Å². The van der Waals surface area contributed by atoms with Gasteiger partial charge < -0.3 is 0 Å². The molecular formula is C15H18F2N2O2S. The quantitative estimate of drug-likeness (QED) is 0.838. The van der Waals surface area contributed by atoms with Crippen molar-refractivity contribution in [1.82, 2.24) is 4.31 Å². The van der Waals surface area contributed by atoms with E-state index >= 15 is 0 Å². The predicted molar refractivity (Wildman–Crippen MR) is 78.7 cm³/mol. The summed E-state index contributed by atoms with van der Waals surface area (Å²) in [7, 11) is -3.75. The normalized spacial score (nSPS) is 23.5. The highest BCUT2D eigenvalue weighted by Gasteiger charge is 2.45. The lowest BCUT2D eigenvalue weighted by Crippen LogP contribution is -2.43. The van der Waals surface area contributed by atoms with Gasteiger partial charge >= 0.3 is 0 Å². The number of halogens is 2. The van der Waals surface area contributed by atoms with E-state index in [1.807, 2.05) is 6.07 Å². The number of sulfonamides is 1. The first kappa shape index (κ1) is 16.8. The fourth-order valence-electron chi connectivity index (χ4n) is 2.55. The summed E-state index contributed by atoms with van der Waals surface area (Å²) < 4.78 is 52.7. The van der Waals surface area contributed by atoms with Crippen LogP contribution in [0, 0.1) is 17.1 Å². The predicted octanol–water partition coefficient (Wildman–Crippen LogP) is 2.91. The van der Waals surface area contributed by atoms with Gasteiger partial charge in [0.2, 0.25) is 10.0 Å². The minimum absolute atomic E-state index is 0.0381. The molecule has 1 aromatic rings. The third-order valence-electron chi connectivity index (χ3n) is 3.72. The van der Waals surface area contributed by atoms with Gasteiger partial charge in [-0.05, 0) is 44.5 Å². The lowest BCUT2D eigenvalue weighted by Gasteiger charge is -2.31. The zero-order chi connectivity index (χ0) is 16.7. The van der Waals surface area contributed by atoms with Crippen LogP contribution in [0.25, 0.3) is 0 Å². The molecule has 2 atom stereocenters. The number of hydrogen-bond acceptors (Lipinski definition) is 3. The van der Waals surface area contributed by atoms with Crippen LogP contribution in [0.1, 0.15) is 44.4 Å². The third kappa shape index (κ3) is 2.99. The summed E-state index contributed by atoms with van der Waals surface area (Å²) in [5, 5.41) is 8.91. The third-order valence-corrected chi connectivity index (χ3v) is 6.29. The monoisotopic (exact) mass is 328 g/mol. The second-order valence-electron chi connectivity index (χ2n) is 6.42. The van der Waals surface area contributed by atoms with Gasteiger partial charge in [-0.2, -0.15) is 9.57 Å². The molecule has 0 spiro atoms. The van der Waals surface area contributed by atoms with Gasteiger partial charge in [0.15, 0.2) is 0 Å². The van der Waals surface area contributed by atoms with Crippen LogP contribution in [0.5, 0.6) is 0 Å². The lowest BCUT2D eigenvalue weighted by atomic mass is 10.0. The molecule has 1 aliphatic heterocycles. The molecule has 0 amide bonds. The average molecular weight is 328 g/mol. The molecule has 2 rings (SSSR count). The molecule has 0 radical (unpaired) electrons. The summed E-state index contributed by atoms with van der Waals surface area (Å²) >= 11 is 0. The van der Waals surface area contributed by atoms with Crippen LogP contribution in [0.3, 0.4) is 0 Å². The van der Waals surface area contributed by atoms with E-state index in [1.165, 1.54) is 26.8 Å². The molecular weight excluding hydrogens is 310 g/mol. The molecule has 0 N–H and O–H groups in total. The lowest BCUT2D eigenvalue weighted by molar-refractivity contribution is 0.339. The maximum atomic E-state index is 13.8. The van der Waals surface area contributed by atoms with E-state index in [4.69, 9.17) is 5.26 Å². The number of hydrogen-bond donors (Lipinski definition) is 0. The van der Waals surface area contributed by atoms with Crippen molar-refractivity contribution in [1.29, 1.82) is 5.26 Å². The number of nitriles is 1. The second kappa shape index (κ2) is 5.60. The fraction of sp³-hybridized carbons (Fsp3) is 0.533. The zero-order valence-electron chi connectivity index (χ0n) is 12.7. The highest BCUT2D eigenvalue weighted by atomic mass is 32.2. The van der Waals surface area contributed by atoms with Crippen molar-refractivity contribution in [2.24, 2.45) is 0 Å². The highest BCUT2D eigenvalue weighted by Crippen LogP contribution is 2.39. The summed E-state index contributed by atoms with van der Waals surface area (Å²) in [6.07, 6.45) is -1.35. The Morgan fingerprint density at radius 3 is 2.50 bits per heavy atom. The van der Waals surface area contributed by atoms with Crippen LogP contribution in [0.4, 0.5) is 8.78 Å². The van der Waals surface area contributed by atoms with Gasteiger partial charge in [0.05, 0.1) is 22.4 Å². The standard InChI is InChI=1S/C15H18F2N2O2S/c1-15(2,3)22(20,21)19-9-13(17)7-14(19)11-4-10(8-18)5-12(16)6-11/h4-6,13-14H,7,9H2,1-3H3. The molecule has 1 heterocycles. The molecule has 1 aromatic carbocycles. The van der Waals surface area contributed by atoms with Crippen LogP contribution in [0.15, 0.2) is 18.2 Å². The van der Waals surface area contributed by atoms with E-state index < -0.39 is 32.8 Å². The largest absolute Gasteiger partial charge is 0.246 e. The summed E-state index contributed by atoms with van der Waals surface area (Å²) in [6.45, 7) is 4.37. The van der Waals surface area contributed by atoms with E-state index in [0.717, 1.165) is 16.4 Å². The van der Waals surface area contributed by atoms with Crippen LogP contribution in [-0.4, -0.2) is 30.2 Å². The fourth-order valence-corrected chi connectivity index (χ4v) is 4.15. The molecule has 4 nitrogen and oxygen atoms in total. The molecule has 1 aliphatic rings. The first-order valence-electron chi connectivity index (χ1n) is 6.92. The smallest absolute Gasteiger partial charge is 0.219 e. The van der Waals surface area contributed by atoms with Gasteiger partial charge in [0.1, 0.15) is 12.0 Å². The average Bonchev–Trinajstić information content (AvgIpc) is 2.79. The van der Waals surface area contributed by atoms with Crippen molar-refractivity contribution in [3.8, 4) is 6.07 Å². The molecule has 0 aromatic heterocycles. The van der Waals surface area contributed by atoms with Crippen molar-refractivity contribution in [3.05, 3.63) is 35.1 Å².